The van der Waals surface area contributed by atoms with Crippen molar-refractivity contribution in [2.75, 3.05) is 19.5 Å². The van der Waals surface area contributed by atoms with E-state index >= 15 is 0 Å². The van der Waals surface area contributed by atoms with Gasteiger partial charge < -0.3 is 30.4 Å². The van der Waals surface area contributed by atoms with E-state index in [-0.39, 0.29) is 17.7 Å². The number of methoxy groups -OCH3 is 2. The fourth-order valence-corrected chi connectivity index (χ4v) is 4.20. The van der Waals surface area contributed by atoms with Gasteiger partial charge in [0.2, 0.25) is 0 Å². The molecule has 0 aliphatic carbocycles. The third-order valence-electron chi connectivity index (χ3n) is 6.25. The predicted molar refractivity (Wildman–Crippen MR) is 132 cm³/mol. The lowest BCUT2D eigenvalue weighted by Crippen LogP contribution is -2.35. The van der Waals surface area contributed by atoms with Gasteiger partial charge >= 0.3 is 6.09 Å². The SMILES string of the molecule is COC1CC/C=C(\C)C(OC(N)=O)C(OC)CC/C=C(\C)C(=O)Nc2cc(F)c(O)c(c2)CCC1. The molecule has 1 heterocycles. The van der Waals surface area contributed by atoms with Crippen molar-refractivity contribution in [1.82, 2.24) is 0 Å². The van der Waals surface area contributed by atoms with Gasteiger partial charge in [-0.15, -0.1) is 0 Å². The van der Waals surface area contributed by atoms with Gasteiger partial charge in [0.05, 0.1) is 12.2 Å². The van der Waals surface area contributed by atoms with E-state index in [1.807, 2.05) is 13.0 Å². The molecule has 4 N–H and O–H groups in total. The van der Waals surface area contributed by atoms with Crippen LogP contribution in [0.3, 0.4) is 0 Å². The van der Waals surface area contributed by atoms with E-state index in [9.17, 15) is 19.1 Å². The highest BCUT2D eigenvalue weighted by Crippen LogP contribution is 2.28. The zero-order valence-corrected chi connectivity index (χ0v) is 20.9. The van der Waals surface area contributed by atoms with Crippen molar-refractivity contribution in [2.24, 2.45) is 5.73 Å². The number of hydrogen-bond donors (Lipinski definition) is 3. The van der Waals surface area contributed by atoms with Crippen LogP contribution in [0.4, 0.5) is 14.9 Å². The van der Waals surface area contributed by atoms with Crippen LogP contribution < -0.4 is 11.1 Å². The Hall–Kier alpha value is -2.91. The Bertz CT molecular complexity index is 946. The van der Waals surface area contributed by atoms with Crippen molar-refractivity contribution in [3.63, 3.8) is 0 Å². The number of halogens is 1. The van der Waals surface area contributed by atoms with Crippen LogP contribution in [0.1, 0.15) is 57.9 Å². The minimum atomic E-state index is -0.888. The molecule has 1 aliphatic rings. The number of phenols is 1. The molecule has 35 heavy (non-hydrogen) atoms. The molecule has 1 aliphatic heterocycles. The largest absolute Gasteiger partial charge is 0.505 e. The van der Waals surface area contributed by atoms with Crippen molar-refractivity contribution >= 4 is 17.7 Å². The molecule has 0 saturated heterocycles. The summed E-state index contributed by atoms with van der Waals surface area (Å²) in [6, 6.07) is 2.70. The Morgan fingerprint density at radius 2 is 1.83 bits per heavy atom. The molecular formula is C26H37FN2O6. The van der Waals surface area contributed by atoms with E-state index < -0.39 is 29.9 Å². The maximum absolute atomic E-state index is 14.3. The molecular weight excluding hydrogens is 455 g/mol. The lowest BCUT2D eigenvalue weighted by molar-refractivity contribution is -0.112. The van der Waals surface area contributed by atoms with Crippen molar-refractivity contribution in [3.8, 4) is 5.75 Å². The van der Waals surface area contributed by atoms with Gasteiger partial charge in [-0.25, -0.2) is 9.18 Å². The van der Waals surface area contributed by atoms with Crippen LogP contribution in [0.5, 0.6) is 5.75 Å². The highest BCUT2D eigenvalue weighted by molar-refractivity contribution is 6.03. The molecule has 2 amide bonds. The quantitative estimate of drug-likeness (QED) is 0.414. The number of ether oxygens (including phenoxy) is 3. The number of aromatic hydroxyl groups is 1. The zero-order chi connectivity index (χ0) is 26.0. The maximum atomic E-state index is 14.3. The van der Waals surface area contributed by atoms with Gasteiger partial charge in [0.25, 0.3) is 5.91 Å². The summed E-state index contributed by atoms with van der Waals surface area (Å²) < 4.78 is 30.9. The number of hydrogen-bond acceptors (Lipinski definition) is 6. The van der Waals surface area contributed by atoms with Gasteiger partial charge in [-0.1, -0.05) is 12.2 Å². The molecule has 0 radical (unpaired) electrons. The first-order chi connectivity index (χ1) is 16.7. The fraction of sp³-hybridized carbons (Fsp3) is 0.538. The Labute approximate surface area is 206 Å². The van der Waals surface area contributed by atoms with Crippen molar-refractivity contribution in [1.29, 1.82) is 0 Å². The van der Waals surface area contributed by atoms with Crippen LogP contribution in [-0.2, 0) is 25.4 Å². The first-order valence-electron chi connectivity index (χ1n) is 11.8. The first kappa shape index (κ1) is 28.3. The summed E-state index contributed by atoms with van der Waals surface area (Å²) >= 11 is 0. The van der Waals surface area contributed by atoms with Crippen LogP contribution in [0, 0.1) is 5.82 Å². The molecule has 1 aromatic rings. The highest BCUT2D eigenvalue weighted by atomic mass is 19.1. The number of rotatable bonds is 3. The Balaban J connectivity index is 2.34. The summed E-state index contributed by atoms with van der Waals surface area (Å²) in [5.41, 5.74) is 7.27. The second kappa shape index (κ2) is 13.8. The third kappa shape index (κ3) is 8.67. The third-order valence-corrected chi connectivity index (χ3v) is 6.25. The molecule has 0 fully saturated rings. The van der Waals surface area contributed by atoms with Crippen LogP contribution in [0.15, 0.2) is 35.4 Å². The molecule has 0 spiro atoms. The number of nitrogens with one attached hydrogen (secondary N) is 1. The monoisotopic (exact) mass is 492 g/mol. The van der Waals surface area contributed by atoms with Gasteiger partial charge in [0.15, 0.2) is 17.7 Å². The van der Waals surface area contributed by atoms with Gasteiger partial charge in [-0.2, -0.15) is 0 Å². The average molecular weight is 493 g/mol. The number of anilines is 1. The summed E-state index contributed by atoms with van der Waals surface area (Å²) in [5, 5.41) is 12.8. The van der Waals surface area contributed by atoms with Crippen molar-refractivity contribution < 1.29 is 33.3 Å². The summed E-state index contributed by atoms with van der Waals surface area (Å²) in [4.78, 5) is 24.2. The van der Waals surface area contributed by atoms with E-state index in [2.05, 4.69) is 5.32 Å². The minimum Gasteiger partial charge on any atom is -0.505 e. The topological polar surface area (TPSA) is 120 Å². The van der Waals surface area contributed by atoms with Gasteiger partial charge in [-0.3, -0.25) is 4.79 Å². The van der Waals surface area contributed by atoms with E-state index in [1.165, 1.54) is 7.11 Å². The summed E-state index contributed by atoms with van der Waals surface area (Å²) in [6.45, 7) is 3.52. The number of primary amides is 1. The van der Waals surface area contributed by atoms with Crippen LogP contribution >= 0.6 is 0 Å². The lowest BCUT2D eigenvalue weighted by Gasteiger charge is -2.26. The minimum absolute atomic E-state index is 0.0448. The number of fused-ring (bicyclic) bond motifs is 2. The number of carbonyl (C=O) groups excluding carboxylic acids is 2. The van der Waals surface area contributed by atoms with Crippen LogP contribution in [-0.4, -0.2) is 49.6 Å². The summed E-state index contributed by atoms with van der Waals surface area (Å²) in [5.74, 6) is -1.56. The lowest BCUT2D eigenvalue weighted by atomic mass is 9.98. The highest BCUT2D eigenvalue weighted by Gasteiger charge is 2.26. The number of phenolic OH excluding ortho intramolecular Hbond substituents is 1. The smallest absolute Gasteiger partial charge is 0.405 e. The Morgan fingerprint density at radius 3 is 2.49 bits per heavy atom. The number of nitrogens with two attached hydrogens (primary N) is 1. The van der Waals surface area contributed by atoms with Crippen molar-refractivity contribution in [2.45, 2.75) is 77.1 Å². The Kier molecular flexibility index (Phi) is 11.2. The molecule has 1 aromatic carbocycles. The Morgan fingerprint density at radius 1 is 1.11 bits per heavy atom. The summed E-state index contributed by atoms with van der Waals surface area (Å²) in [6.07, 6.45) is 5.84. The number of aryl methyl sites for hydroxylation is 1. The van der Waals surface area contributed by atoms with E-state index in [4.69, 9.17) is 19.9 Å². The van der Waals surface area contributed by atoms with Gasteiger partial charge in [0.1, 0.15) is 0 Å². The second-order valence-electron chi connectivity index (χ2n) is 8.79. The van der Waals surface area contributed by atoms with Crippen LogP contribution in [0.25, 0.3) is 0 Å². The number of allylic oxidation sites excluding steroid dienone is 2. The molecule has 0 aromatic heterocycles. The predicted octanol–water partition coefficient (Wildman–Crippen LogP) is 4.75. The van der Waals surface area contributed by atoms with E-state index in [1.54, 1.807) is 26.2 Å². The second-order valence-corrected chi connectivity index (χ2v) is 8.79. The molecule has 2 rings (SSSR count). The summed E-state index contributed by atoms with van der Waals surface area (Å²) in [7, 11) is 3.17. The maximum Gasteiger partial charge on any atom is 0.405 e. The van der Waals surface area contributed by atoms with E-state index in [0.29, 0.717) is 49.7 Å². The molecule has 9 heteroatoms. The molecule has 2 bridgehead atoms. The van der Waals surface area contributed by atoms with Gasteiger partial charge in [0, 0.05) is 31.5 Å². The number of amides is 2. The normalized spacial score (nSPS) is 26.1. The number of benzene rings is 1. The molecule has 0 saturated carbocycles. The van der Waals surface area contributed by atoms with Crippen LogP contribution in [0.2, 0.25) is 0 Å². The van der Waals surface area contributed by atoms with E-state index in [0.717, 1.165) is 18.1 Å². The first-order valence-corrected chi connectivity index (χ1v) is 11.8. The molecule has 194 valence electrons. The van der Waals surface area contributed by atoms with Gasteiger partial charge in [-0.05, 0) is 76.0 Å². The molecule has 3 unspecified atom stereocenters. The zero-order valence-electron chi connectivity index (χ0n) is 20.9. The standard InChI is InChI=1S/C26H37FN2O6/c1-16-8-5-11-20(33-3)12-7-10-18-14-19(15-21(27)23(18)30)29-25(31)17(2)9-6-13-22(34-4)24(16)35-26(28)32/h8-9,14-15,20,22,24,30H,5-7,10-13H2,1-4H3,(H2,28,32)(H,29,31)/b16-8+,17-9+. The average Bonchev–Trinajstić information content (AvgIpc) is 2.81. The fourth-order valence-electron chi connectivity index (χ4n) is 4.20. The van der Waals surface area contributed by atoms with Crippen molar-refractivity contribution in [3.05, 3.63) is 46.8 Å². The molecule has 3 atom stereocenters. The number of carbonyl (C=O) groups is 2. The molecule has 8 nitrogen and oxygen atoms in total.